The molecule has 2 rings (SSSR count). The molecule has 4 N–H and O–H groups in total. The lowest BCUT2D eigenvalue weighted by molar-refractivity contribution is -0.114. The fourth-order valence-corrected chi connectivity index (χ4v) is 2.27. The molecule has 2 aromatic rings. The molecular weight excluding hydrogens is 352 g/mol. The minimum atomic E-state index is -0.438. The third-order valence-corrected chi connectivity index (χ3v) is 3.58. The first-order valence-electron chi connectivity index (χ1n) is 7.72. The molecule has 0 radical (unpaired) electrons. The Bertz CT molecular complexity index is 850. The SMILES string of the molecule is CC(=O)Nc1ccc(C(=O)NNC(=S)NC(=O)c2ccccc2C)cc1. The molecule has 0 heterocycles. The Morgan fingerprint density at radius 2 is 1.54 bits per heavy atom. The first-order valence-corrected chi connectivity index (χ1v) is 8.12. The zero-order chi connectivity index (χ0) is 19.1. The summed E-state index contributed by atoms with van der Waals surface area (Å²) in [7, 11) is 0. The number of nitrogens with one attached hydrogen (secondary N) is 4. The maximum atomic E-state index is 12.1. The van der Waals surface area contributed by atoms with Crippen molar-refractivity contribution in [3.63, 3.8) is 0 Å². The zero-order valence-electron chi connectivity index (χ0n) is 14.3. The van der Waals surface area contributed by atoms with Crippen LogP contribution in [-0.4, -0.2) is 22.8 Å². The summed E-state index contributed by atoms with van der Waals surface area (Å²) in [5, 5.41) is 5.08. The highest BCUT2D eigenvalue weighted by atomic mass is 32.1. The summed E-state index contributed by atoms with van der Waals surface area (Å²) in [5.41, 5.74) is 7.14. The van der Waals surface area contributed by atoms with Crippen LogP contribution in [0.25, 0.3) is 0 Å². The summed E-state index contributed by atoms with van der Waals surface area (Å²) in [6.07, 6.45) is 0. The molecular formula is C18H18N4O3S. The van der Waals surface area contributed by atoms with Crippen LogP contribution in [0.5, 0.6) is 0 Å². The van der Waals surface area contributed by atoms with Crippen LogP contribution in [-0.2, 0) is 4.79 Å². The monoisotopic (exact) mass is 370 g/mol. The average molecular weight is 370 g/mol. The first-order chi connectivity index (χ1) is 12.4. The first kappa shape index (κ1) is 19.1. The maximum absolute atomic E-state index is 12.1. The van der Waals surface area contributed by atoms with Gasteiger partial charge in [-0.05, 0) is 55.0 Å². The smallest absolute Gasteiger partial charge is 0.269 e. The molecule has 3 amide bonds. The molecule has 0 spiro atoms. The Kier molecular flexibility index (Phi) is 6.40. The van der Waals surface area contributed by atoms with Gasteiger partial charge in [0, 0.05) is 23.7 Å². The molecule has 0 aliphatic heterocycles. The number of carbonyl (C=O) groups excluding carboxylic acids is 3. The van der Waals surface area contributed by atoms with Crippen LogP contribution in [0, 0.1) is 6.92 Å². The van der Waals surface area contributed by atoms with Gasteiger partial charge in [-0.15, -0.1) is 0 Å². The molecule has 0 unspecified atom stereocenters. The summed E-state index contributed by atoms with van der Waals surface area (Å²) in [6, 6.07) is 13.4. The highest BCUT2D eigenvalue weighted by molar-refractivity contribution is 7.80. The minimum Gasteiger partial charge on any atom is -0.326 e. The van der Waals surface area contributed by atoms with Crippen molar-refractivity contribution in [2.24, 2.45) is 0 Å². The van der Waals surface area contributed by atoms with Crippen LogP contribution in [0.3, 0.4) is 0 Å². The van der Waals surface area contributed by atoms with E-state index in [-0.39, 0.29) is 16.9 Å². The molecule has 0 saturated heterocycles. The van der Waals surface area contributed by atoms with Crippen molar-refractivity contribution in [2.75, 3.05) is 5.32 Å². The number of rotatable bonds is 3. The molecule has 0 atom stereocenters. The number of hydrogen-bond donors (Lipinski definition) is 4. The van der Waals surface area contributed by atoms with E-state index in [0.717, 1.165) is 5.56 Å². The van der Waals surface area contributed by atoms with Gasteiger partial charge in [0.1, 0.15) is 0 Å². The van der Waals surface area contributed by atoms with Crippen molar-refractivity contribution >= 4 is 40.7 Å². The molecule has 0 aliphatic rings. The quantitative estimate of drug-likeness (QED) is 0.489. The lowest BCUT2D eigenvalue weighted by atomic mass is 10.1. The van der Waals surface area contributed by atoms with E-state index in [1.807, 2.05) is 19.1 Å². The molecule has 0 aromatic heterocycles. The standard InChI is InChI=1S/C18H18N4O3S/c1-11-5-3-4-6-15(11)17(25)20-18(26)22-21-16(24)13-7-9-14(10-8-13)19-12(2)23/h3-10H,1-2H3,(H,19,23)(H,21,24)(H2,20,22,25,26). The van der Waals surface area contributed by atoms with E-state index in [9.17, 15) is 14.4 Å². The number of aryl methyl sites for hydroxylation is 1. The Morgan fingerprint density at radius 3 is 2.15 bits per heavy atom. The van der Waals surface area contributed by atoms with E-state index in [1.165, 1.54) is 6.92 Å². The lowest BCUT2D eigenvalue weighted by Crippen LogP contribution is -2.48. The second-order valence-corrected chi connectivity index (χ2v) is 5.84. The normalized spacial score (nSPS) is 9.77. The fraction of sp³-hybridized carbons (Fsp3) is 0.111. The van der Waals surface area contributed by atoms with Crippen molar-refractivity contribution in [1.82, 2.24) is 16.2 Å². The van der Waals surface area contributed by atoms with Crippen LogP contribution >= 0.6 is 12.2 Å². The Morgan fingerprint density at radius 1 is 0.885 bits per heavy atom. The van der Waals surface area contributed by atoms with Gasteiger partial charge in [0.25, 0.3) is 11.8 Å². The van der Waals surface area contributed by atoms with Gasteiger partial charge < -0.3 is 5.32 Å². The Labute approximate surface area is 156 Å². The predicted octanol–water partition coefficient (Wildman–Crippen LogP) is 1.90. The molecule has 26 heavy (non-hydrogen) atoms. The van der Waals surface area contributed by atoms with Crippen molar-refractivity contribution < 1.29 is 14.4 Å². The van der Waals surface area contributed by atoms with Crippen LogP contribution in [0.1, 0.15) is 33.2 Å². The van der Waals surface area contributed by atoms with Gasteiger partial charge in [-0.2, -0.15) is 0 Å². The summed E-state index contributed by atoms with van der Waals surface area (Å²) >= 11 is 5.00. The van der Waals surface area contributed by atoms with Gasteiger partial charge in [-0.25, -0.2) is 0 Å². The van der Waals surface area contributed by atoms with Crippen LogP contribution < -0.4 is 21.5 Å². The summed E-state index contributed by atoms with van der Waals surface area (Å²) in [6.45, 7) is 3.22. The highest BCUT2D eigenvalue weighted by Gasteiger charge is 2.11. The number of amides is 3. The molecule has 0 saturated carbocycles. The summed E-state index contributed by atoms with van der Waals surface area (Å²) in [4.78, 5) is 35.2. The van der Waals surface area contributed by atoms with Crippen molar-refractivity contribution in [3.05, 3.63) is 65.2 Å². The third-order valence-electron chi connectivity index (χ3n) is 3.37. The molecule has 0 bridgehead atoms. The maximum Gasteiger partial charge on any atom is 0.269 e. The predicted molar refractivity (Wildman–Crippen MR) is 103 cm³/mol. The van der Waals surface area contributed by atoms with Crippen LogP contribution in [0.4, 0.5) is 5.69 Å². The zero-order valence-corrected chi connectivity index (χ0v) is 15.1. The number of carbonyl (C=O) groups is 3. The molecule has 134 valence electrons. The highest BCUT2D eigenvalue weighted by Crippen LogP contribution is 2.09. The summed E-state index contributed by atoms with van der Waals surface area (Å²) in [5.74, 6) is -1.00. The van der Waals surface area contributed by atoms with Gasteiger partial charge in [0.2, 0.25) is 5.91 Å². The van der Waals surface area contributed by atoms with Gasteiger partial charge in [0.15, 0.2) is 5.11 Å². The second kappa shape index (κ2) is 8.72. The number of benzene rings is 2. The molecule has 0 aliphatic carbocycles. The van der Waals surface area contributed by atoms with Crippen LogP contribution in [0.2, 0.25) is 0 Å². The van der Waals surface area contributed by atoms with Crippen LogP contribution in [0.15, 0.2) is 48.5 Å². The van der Waals surface area contributed by atoms with E-state index in [0.29, 0.717) is 16.8 Å². The van der Waals surface area contributed by atoms with E-state index in [2.05, 4.69) is 21.5 Å². The summed E-state index contributed by atoms with van der Waals surface area (Å²) < 4.78 is 0. The van der Waals surface area contributed by atoms with Gasteiger partial charge in [0.05, 0.1) is 0 Å². The second-order valence-electron chi connectivity index (χ2n) is 5.44. The molecule has 2 aromatic carbocycles. The van der Waals surface area contributed by atoms with Crippen molar-refractivity contribution in [3.8, 4) is 0 Å². The van der Waals surface area contributed by atoms with Crippen molar-refractivity contribution in [1.29, 1.82) is 0 Å². The number of hydrogen-bond acceptors (Lipinski definition) is 4. The minimum absolute atomic E-state index is 0.0264. The number of thiocarbonyl (C=S) groups is 1. The van der Waals surface area contributed by atoms with E-state index < -0.39 is 5.91 Å². The van der Waals surface area contributed by atoms with Gasteiger partial charge >= 0.3 is 0 Å². The topological polar surface area (TPSA) is 99.3 Å². The molecule has 7 nitrogen and oxygen atoms in total. The van der Waals surface area contributed by atoms with Crippen molar-refractivity contribution in [2.45, 2.75) is 13.8 Å². The largest absolute Gasteiger partial charge is 0.326 e. The number of anilines is 1. The van der Waals surface area contributed by atoms with E-state index in [4.69, 9.17) is 12.2 Å². The Balaban J connectivity index is 1.86. The van der Waals surface area contributed by atoms with Gasteiger partial charge in [-0.3, -0.25) is 30.6 Å². The molecule has 8 heteroatoms. The van der Waals surface area contributed by atoms with E-state index >= 15 is 0 Å². The molecule has 0 fully saturated rings. The third kappa shape index (κ3) is 5.38. The lowest BCUT2D eigenvalue weighted by Gasteiger charge is -2.12. The Hall–Kier alpha value is -3.26. The van der Waals surface area contributed by atoms with E-state index in [1.54, 1.807) is 36.4 Å². The van der Waals surface area contributed by atoms with Gasteiger partial charge in [-0.1, -0.05) is 18.2 Å². The number of hydrazine groups is 1. The average Bonchev–Trinajstić information content (AvgIpc) is 2.60. The fourth-order valence-electron chi connectivity index (χ4n) is 2.12.